The smallest absolute Gasteiger partial charge is 0.262 e. The van der Waals surface area contributed by atoms with Crippen molar-refractivity contribution in [2.24, 2.45) is 0 Å². The van der Waals surface area contributed by atoms with Gasteiger partial charge in [0.2, 0.25) is 17.6 Å². The topological polar surface area (TPSA) is 110 Å². The van der Waals surface area contributed by atoms with Crippen LogP contribution in [0.3, 0.4) is 0 Å². The van der Waals surface area contributed by atoms with Crippen LogP contribution in [0, 0.1) is 6.92 Å². The number of nitrogens with zero attached hydrogens (tertiary/aromatic N) is 4. The number of thioether (sulfide) groups is 1. The zero-order valence-corrected chi connectivity index (χ0v) is 20.8. The van der Waals surface area contributed by atoms with Crippen LogP contribution in [0.5, 0.6) is 0 Å². The van der Waals surface area contributed by atoms with Gasteiger partial charge in [-0.3, -0.25) is 23.4 Å². The van der Waals surface area contributed by atoms with E-state index in [9.17, 15) is 14.4 Å². The molecule has 0 spiro atoms. The van der Waals surface area contributed by atoms with Gasteiger partial charge in [0.1, 0.15) is 0 Å². The summed E-state index contributed by atoms with van der Waals surface area (Å²) in [5.74, 6) is 0.169. The average Bonchev–Trinajstić information content (AvgIpc) is 3.26. The Hall–Kier alpha value is -3.66. The van der Waals surface area contributed by atoms with Crippen LogP contribution < -0.4 is 16.2 Å². The molecule has 1 unspecified atom stereocenters. The first-order valence-corrected chi connectivity index (χ1v) is 12.5. The maximum absolute atomic E-state index is 13.2. The highest BCUT2D eigenvalue weighted by atomic mass is 32.2. The molecule has 9 nitrogen and oxygen atoms in total. The van der Waals surface area contributed by atoms with Crippen molar-refractivity contribution in [2.45, 2.75) is 51.4 Å². The number of para-hydroxylation sites is 1. The molecule has 0 aliphatic carbocycles. The Labute approximate surface area is 206 Å². The fourth-order valence-electron chi connectivity index (χ4n) is 3.74. The predicted molar refractivity (Wildman–Crippen MR) is 138 cm³/mol. The van der Waals surface area contributed by atoms with Gasteiger partial charge in [0.25, 0.3) is 5.56 Å². The summed E-state index contributed by atoms with van der Waals surface area (Å²) in [6.07, 6.45) is 0.973. The van der Waals surface area contributed by atoms with E-state index < -0.39 is 0 Å². The number of benzene rings is 2. The fourth-order valence-corrected chi connectivity index (χ4v) is 4.48. The summed E-state index contributed by atoms with van der Waals surface area (Å²) < 4.78 is 3.25. The molecule has 2 heterocycles. The first-order chi connectivity index (χ1) is 16.9. The van der Waals surface area contributed by atoms with Crippen molar-refractivity contribution in [1.82, 2.24) is 24.5 Å². The molecular formula is C25H28N6O3S. The van der Waals surface area contributed by atoms with E-state index in [-0.39, 0.29) is 42.1 Å². The highest BCUT2D eigenvalue weighted by molar-refractivity contribution is 7.99. The third kappa shape index (κ3) is 5.54. The first-order valence-electron chi connectivity index (χ1n) is 11.5. The van der Waals surface area contributed by atoms with E-state index in [1.807, 2.05) is 57.2 Å². The summed E-state index contributed by atoms with van der Waals surface area (Å²) in [6.45, 7) is 6.08. The van der Waals surface area contributed by atoms with Gasteiger partial charge in [0.05, 0.1) is 16.7 Å². The lowest BCUT2D eigenvalue weighted by atomic mass is 10.2. The fraction of sp³-hybridized carbons (Fsp3) is 0.320. The number of carbonyl (C=O) groups excluding carboxylic acids is 2. The number of amides is 2. The summed E-state index contributed by atoms with van der Waals surface area (Å²) in [5.41, 5.74) is 2.21. The van der Waals surface area contributed by atoms with E-state index in [0.717, 1.165) is 17.7 Å². The van der Waals surface area contributed by atoms with Crippen molar-refractivity contribution in [3.05, 3.63) is 64.4 Å². The zero-order valence-electron chi connectivity index (χ0n) is 19.9. The number of fused-ring (bicyclic) bond motifs is 3. The monoisotopic (exact) mass is 492 g/mol. The molecule has 2 aromatic carbocycles. The maximum Gasteiger partial charge on any atom is 0.262 e. The van der Waals surface area contributed by atoms with E-state index >= 15 is 0 Å². The molecule has 0 aliphatic rings. The summed E-state index contributed by atoms with van der Waals surface area (Å²) in [6, 6.07) is 14.9. The van der Waals surface area contributed by atoms with Crippen LogP contribution >= 0.6 is 11.8 Å². The molecule has 35 heavy (non-hydrogen) atoms. The lowest BCUT2D eigenvalue weighted by molar-refractivity contribution is -0.122. The Bertz CT molecular complexity index is 1440. The second kappa shape index (κ2) is 10.7. The molecule has 0 bridgehead atoms. The Kier molecular flexibility index (Phi) is 7.50. The van der Waals surface area contributed by atoms with Crippen LogP contribution in [0.15, 0.2) is 58.5 Å². The number of anilines is 1. The largest absolute Gasteiger partial charge is 0.354 e. The van der Waals surface area contributed by atoms with Gasteiger partial charge in [0.15, 0.2) is 5.16 Å². The highest BCUT2D eigenvalue weighted by Gasteiger charge is 2.18. The highest BCUT2D eigenvalue weighted by Crippen LogP contribution is 2.22. The normalized spacial score (nSPS) is 12.1. The number of carbonyl (C=O) groups is 2. The predicted octanol–water partition coefficient (Wildman–Crippen LogP) is 3.39. The molecule has 182 valence electrons. The minimum absolute atomic E-state index is 0.0675. The Balaban J connectivity index is 1.60. The van der Waals surface area contributed by atoms with Crippen molar-refractivity contribution in [2.75, 3.05) is 11.1 Å². The molecule has 0 aliphatic heterocycles. The summed E-state index contributed by atoms with van der Waals surface area (Å²) in [7, 11) is 0. The molecule has 2 N–H and O–H groups in total. The van der Waals surface area contributed by atoms with E-state index in [0.29, 0.717) is 21.8 Å². The lowest BCUT2D eigenvalue weighted by Gasteiger charge is -2.13. The quantitative estimate of drug-likeness (QED) is 0.347. The Morgan fingerprint density at radius 2 is 1.89 bits per heavy atom. The average molecular weight is 493 g/mol. The molecule has 0 radical (unpaired) electrons. The molecule has 4 rings (SSSR count). The number of hydrogen-bond acceptors (Lipinski definition) is 6. The van der Waals surface area contributed by atoms with Crippen LogP contribution in [0.2, 0.25) is 0 Å². The van der Waals surface area contributed by atoms with Crippen LogP contribution in [-0.4, -0.2) is 42.8 Å². The minimum atomic E-state index is -0.231. The van der Waals surface area contributed by atoms with Gasteiger partial charge in [-0.1, -0.05) is 43.0 Å². The number of rotatable bonds is 9. The summed E-state index contributed by atoms with van der Waals surface area (Å²) in [5, 5.41) is 15.3. The zero-order chi connectivity index (χ0) is 24.9. The number of aryl methyl sites for hydroxylation is 2. The van der Waals surface area contributed by atoms with Crippen molar-refractivity contribution in [3.63, 3.8) is 0 Å². The van der Waals surface area contributed by atoms with Crippen molar-refractivity contribution < 1.29 is 9.59 Å². The van der Waals surface area contributed by atoms with Crippen LogP contribution in [0.25, 0.3) is 16.7 Å². The second-order valence-corrected chi connectivity index (χ2v) is 9.37. The molecule has 1 atom stereocenters. The minimum Gasteiger partial charge on any atom is -0.354 e. The van der Waals surface area contributed by atoms with Gasteiger partial charge in [0, 0.05) is 24.7 Å². The number of nitrogens with one attached hydrogen (secondary N) is 2. The van der Waals surface area contributed by atoms with Crippen molar-refractivity contribution in [1.29, 1.82) is 0 Å². The van der Waals surface area contributed by atoms with Crippen molar-refractivity contribution >= 4 is 45.9 Å². The molecular weight excluding hydrogens is 464 g/mol. The molecule has 2 aromatic heterocycles. The van der Waals surface area contributed by atoms with Gasteiger partial charge in [-0.2, -0.15) is 0 Å². The molecule has 0 saturated carbocycles. The summed E-state index contributed by atoms with van der Waals surface area (Å²) in [4.78, 5) is 38.1. The van der Waals surface area contributed by atoms with E-state index in [2.05, 4.69) is 20.8 Å². The molecule has 4 aromatic rings. The van der Waals surface area contributed by atoms with E-state index in [1.165, 1.54) is 16.3 Å². The second-order valence-electron chi connectivity index (χ2n) is 8.43. The standard InChI is InChI=1S/C25H28N6O3S/c1-4-17(3)26-21(32)12-13-30-23(34)19-10-5-6-11-20(19)31-24(30)28-29-25(31)35-15-22(33)27-18-9-7-8-16(2)14-18/h5-11,14,17H,4,12-13,15H2,1-3H3,(H,26,32)(H,27,33). The first kappa shape index (κ1) is 24.5. The van der Waals surface area contributed by atoms with Gasteiger partial charge >= 0.3 is 0 Å². The molecule has 0 saturated heterocycles. The SMILES string of the molecule is CCC(C)NC(=O)CCn1c(=O)c2ccccc2n2c(SCC(=O)Nc3cccc(C)c3)nnc12. The Morgan fingerprint density at radius 3 is 2.66 bits per heavy atom. The number of hydrogen-bond donors (Lipinski definition) is 2. The van der Waals surface area contributed by atoms with Crippen LogP contribution in [-0.2, 0) is 16.1 Å². The van der Waals surface area contributed by atoms with Gasteiger partial charge in [-0.25, -0.2) is 0 Å². The third-order valence-corrected chi connectivity index (χ3v) is 6.62. The van der Waals surface area contributed by atoms with E-state index in [1.54, 1.807) is 16.5 Å². The molecule has 10 heteroatoms. The number of aromatic nitrogens is 4. The van der Waals surface area contributed by atoms with Gasteiger partial charge in [-0.15, -0.1) is 10.2 Å². The maximum atomic E-state index is 13.2. The van der Waals surface area contributed by atoms with Crippen LogP contribution in [0.1, 0.15) is 32.3 Å². The van der Waals surface area contributed by atoms with Crippen LogP contribution in [0.4, 0.5) is 5.69 Å². The molecule has 2 amide bonds. The van der Waals surface area contributed by atoms with Crippen molar-refractivity contribution in [3.8, 4) is 0 Å². The lowest BCUT2D eigenvalue weighted by Crippen LogP contribution is -2.33. The molecule has 0 fully saturated rings. The van der Waals surface area contributed by atoms with Gasteiger partial charge < -0.3 is 10.6 Å². The third-order valence-electron chi connectivity index (χ3n) is 5.69. The Morgan fingerprint density at radius 1 is 1.09 bits per heavy atom. The van der Waals surface area contributed by atoms with Gasteiger partial charge in [-0.05, 0) is 50.1 Å². The summed E-state index contributed by atoms with van der Waals surface area (Å²) >= 11 is 1.24. The van der Waals surface area contributed by atoms with E-state index in [4.69, 9.17) is 0 Å².